The van der Waals surface area contributed by atoms with Crippen molar-refractivity contribution >= 4 is 34.4 Å². The molecule has 1 aromatic carbocycles. The highest BCUT2D eigenvalue weighted by atomic mass is 16.1. The lowest BCUT2D eigenvalue weighted by atomic mass is 9.92. The Hall–Kier alpha value is -2.69. The zero-order valence-corrected chi connectivity index (χ0v) is 15.1. The quantitative estimate of drug-likeness (QED) is 0.822. The Morgan fingerprint density at radius 2 is 1.96 bits per heavy atom. The first-order valence-corrected chi connectivity index (χ1v) is 8.53. The van der Waals surface area contributed by atoms with Gasteiger partial charge in [-0.1, -0.05) is 33.8 Å². The van der Waals surface area contributed by atoms with Gasteiger partial charge in [0.05, 0.1) is 11.0 Å². The molecule has 0 fully saturated rings. The topological polar surface area (TPSA) is 64.0 Å². The Bertz CT molecular complexity index is 911. The predicted octanol–water partition coefficient (Wildman–Crippen LogP) is 4.41. The molecule has 1 aliphatic rings. The van der Waals surface area contributed by atoms with Crippen LogP contribution in [0.5, 0.6) is 0 Å². The first-order chi connectivity index (χ1) is 11.8. The number of fused-ring (bicyclic) bond motifs is 1. The van der Waals surface area contributed by atoms with Crippen LogP contribution in [0.25, 0.3) is 16.7 Å². The second kappa shape index (κ2) is 6.31. The molecule has 1 N–H and O–H groups in total. The number of hydrogen-bond donors (Lipinski definition) is 1. The number of nitrogens with one attached hydrogen (secondary N) is 1. The zero-order valence-electron chi connectivity index (χ0n) is 15.1. The van der Waals surface area contributed by atoms with Gasteiger partial charge in [-0.05, 0) is 35.8 Å². The second-order valence-corrected chi connectivity index (χ2v) is 7.49. The summed E-state index contributed by atoms with van der Waals surface area (Å²) in [5, 5.41) is 2.92. The lowest BCUT2D eigenvalue weighted by Gasteiger charge is -2.18. The van der Waals surface area contributed by atoms with Gasteiger partial charge in [-0.2, -0.15) is 0 Å². The van der Waals surface area contributed by atoms with Crippen LogP contribution in [0.3, 0.4) is 0 Å². The average molecular weight is 337 g/mol. The summed E-state index contributed by atoms with van der Waals surface area (Å²) in [5.74, 6) is 0.505. The first kappa shape index (κ1) is 17.1. The molecular weight excluding hydrogens is 314 g/mol. The summed E-state index contributed by atoms with van der Waals surface area (Å²) in [5.41, 5.74) is 3.07. The van der Waals surface area contributed by atoms with Crippen molar-refractivity contribution in [1.29, 1.82) is 0 Å². The lowest BCUT2D eigenvalue weighted by molar-refractivity contribution is -0.117. The lowest BCUT2D eigenvalue weighted by Crippen LogP contribution is -2.21. The van der Waals surface area contributed by atoms with E-state index in [-0.39, 0.29) is 17.1 Å². The van der Waals surface area contributed by atoms with Crippen LogP contribution in [0.15, 0.2) is 36.4 Å². The fraction of sp³-hybridized carbons (Fsp3) is 0.350. The number of rotatable bonds is 5. The third kappa shape index (κ3) is 3.55. The maximum absolute atomic E-state index is 12.4. The van der Waals surface area contributed by atoms with Crippen molar-refractivity contribution in [2.75, 3.05) is 5.32 Å². The Kier molecular flexibility index (Phi) is 4.33. The summed E-state index contributed by atoms with van der Waals surface area (Å²) in [7, 11) is 0. The Balaban J connectivity index is 2.03. The smallest absolute Gasteiger partial charge is 0.227 e. The number of imidazole rings is 1. The normalized spacial score (nSPS) is 13.5. The highest BCUT2D eigenvalue weighted by molar-refractivity contribution is 6.01. The molecule has 0 unspecified atom stereocenters. The fourth-order valence-electron chi connectivity index (χ4n) is 2.78. The molecule has 3 rings (SSSR count). The van der Waals surface area contributed by atoms with Crippen LogP contribution in [0.4, 0.5) is 5.95 Å². The highest BCUT2D eigenvalue weighted by Gasteiger charge is 2.21. The van der Waals surface area contributed by atoms with E-state index >= 15 is 0 Å². The van der Waals surface area contributed by atoms with Crippen LogP contribution in [-0.2, 0) is 4.79 Å². The Labute approximate surface area is 147 Å². The van der Waals surface area contributed by atoms with Crippen molar-refractivity contribution in [2.45, 2.75) is 40.5 Å². The number of ketones is 1. The summed E-state index contributed by atoms with van der Waals surface area (Å²) < 4.78 is 1.89. The SMILES string of the molecule is CCC(=O)c1ccc2nc(NC(=O)CC(C)(C)C)n(C3=CC=C3)c2c1. The number of nitrogens with zero attached hydrogens (tertiary/aromatic N) is 2. The molecule has 25 heavy (non-hydrogen) atoms. The summed E-state index contributed by atoms with van der Waals surface area (Å²) in [6, 6.07) is 5.47. The van der Waals surface area contributed by atoms with E-state index in [9.17, 15) is 9.59 Å². The van der Waals surface area contributed by atoms with Gasteiger partial charge in [-0.15, -0.1) is 0 Å². The van der Waals surface area contributed by atoms with E-state index in [1.807, 2.05) is 62.6 Å². The average Bonchev–Trinajstić information content (AvgIpc) is 2.80. The van der Waals surface area contributed by atoms with Crippen LogP contribution >= 0.6 is 0 Å². The van der Waals surface area contributed by atoms with Crippen molar-refractivity contribution < 1.29 is 9.59 Å². The van der Waals surface area contributed by atoms with Gasteiger partial charge in [0.2, 0.25) is 11.9 Å². The van der Waals surface area contributed by atoms with E-state index in [0.717, 1.165) is 16.7 Å². The third-order valence-electron chi connectivity index (χ3n) is 4.03. The summed E-state index contributed by atoms with van der Waals surface area (Å²) >= 11 is 0. The minimum Gasteiger partial charge on any atom is -0.296 e. The molecule has 130 valence electrons. The maximum Gasteiger partial charge on any atom is 0.227 e. The molecule has 0 radical (unpaired) electrons. The van der Waals surface area contributed by atoms with Crippen molar-refractivity contribution in [3.63, 3.8) is 0 Å². The number of Topliss-reactive ketones (excluding diaryl/α,β-unsaturated/α-hetero) is 1. The molecule has 0 aliphatic heterocycles. The van der Waals surface area contributed by atoms with E-state index in [2.05, 4.69) is 10.3 Å². The van der Waals surface area contributed by atoms with E-state index in [1.165, 1.54) is 0 Å². The molecular formula is C20H23N3O2. The van der Waals surface area contributed by atoms with E-state index in [4.69, 9.17) is 0 Å². The van der Waals surface area contributed by atoms with Crippen LogP contribution in [0.1, 0.15) is 50.9 Å². The van der Waals surface area contributed by atoms with Gasteiger partial charge in [0, 0.05) is 24.1 Å². The fourth-order valence-corrected chi connectivity index (χ4v) is 2.78. The van der Waals surface area contributed by atoms with Crippen molar-refractivity contribution in [3.05, 3.63) is 42.0 Å². The summed E-state index contributed by atoms with van der Waals surface area (Å²) in [6.45, 7) is 7.92. The molecule has 0 bridgehead atoms. The van der Waals surface area contributed by atoms with Crippen molar-refractivity contribution in [2.24, 2.45) is 5.41 Å². The summed E-state index contributed by atoms with van der Waals surface area (Å²) in [6.07, 6.45) is 6.70. The van der Waals surface area contributed by atoms with Crippen molar-refractivity contribution in [3.8, 4) is 0 Å². The molecule has 1 aromatic heterocycles. The van der Waals surface area contributed by atoms with Gasteiger partial charge in [-0.25, -0.2) is 4.98 Å². The number of benzene rings is 1. The molecule has 1 heterocycles. The van der Waals surface area contributed by atoms with Crippen LogP contribution in [0, 0.1) is 5.41 Å². The minimum atomic E-state index is -0.0999. The molecule has 1 aliphatic carbocycles. The van der Waals surface area contributed by atoms with Gasteiger partial charge < -0.3 is 0 Å². The van der Waals surface area contributed by atoms with Crippen LogP contribution in [0.2, 0.25) is 0 Å². The number of allylic oxidation sites excluding steroid dienone is 4. The van der Waals surface area contributed by atoms with Gasteiger partial charge in [0.15, 0.2) is 5.78 Å². The maximum atomic E-state index is 12.4. The highest BCUT2D eigenvalue weighted by Crippen LogP contribution is 2.29. The number of anilines is 1. The molecule has 0 atom stereocenters. The second-order valence-electron chi connectivity index (χ2n) is 7.49. The molecule has 1 amide bonds. The largest absolute Gasteiger partial charge is 0.296 e. The number of amides is 1. The standard InChI is InChI=1S/C20H23N3O2/c1-5-17(24)13-9-10-15-16(11-13)23(14-7-6-8-14)19(21-15)22-18(25)12-20(2,3)4/h6-11H,5,12H2,1-4H3,(H,21,22,25). The van der Waals surface area contributed by atoms with Crippen molar-refractivity contribution in [1.82, 2.24) is 9.55 Å². The van der Waals surface area contributed by atoms with Gasteiger partial charge in [0.25, 0.3) is 0 Å². The van der Waals surface area contributed by atoms with E-state index in [0.29, 0.717) is 24.4 Å². The van der Waals surface area contributed by atoms with E-state index in [1.54, 1.807) is 6.07 Å². The number of carbonyl (C=O) groups is 2. The Morgan fingerprint density at radius 3 is 2.52 bits per heavy atom. The van der Waals surface area contributed by atoms with Crippen LogP contribution in [-0.4, -0.2) is 21.2 Å². The molecule has 5 heteroatoms. The van der Waals surface area contributed by atoms with Gasteiger partial charge in [-0.3, -0.25) is 19.5 Å². The Morgan fingerprint density at radius 1 is 1.24 bits per heavy atom. The number of hydrogen-bond acceptors (Lipinski definition) is 3. The number of carbonyl (C=O) groups excluding carboxylic acids is 2. The van der Waals surface area contributed by atoms with Gasteiger partial charge in [0.1, 0.15) is 0 Å². The third-order valence-corrected chi connectivity index (χ3v) is 4.03. The molecule has 0 spiro atoms. The molecule has 2 aromatic rings. The monoisotopic (exact) mass is 337 g/mol. The molecule has 5 nitrogen and oxygen atoms in total. The van der Waals surface area contributed by atoms with E-state index < -0.39 is 0 Å². The predicted molar refractivity (Wildman–Crippen MR) is 100 cm³/mol. The zero-order chi connectivity index (χ0) is 18.2. The first-order valence-electron chi connectivity index (χ1n) is 8.53. The minimum absolute atomic E-state index is 0.0715. The van der Waals surface area contributed by atoms with Gasteiger partial charge >= 0.3 is 0 Å². The molecule has 0 saturated heterocycles. The van der Waals surface area contributed by atoms with Crippen LogP contribution < -0.4 is 5.32 Å². The number of aromatic nitrogens is 2. The molecule has 0 saturated carbocycles. The summed E-state index contributed by atoms with van der Waals surface area (Å²) in [4.78, 5) is 28.9.